The minimum atomic E-state index is -1.94. The van der Waals surface area contributed by atoms with Crippen LogP contribution < -0.4 is 43.4 Å². The zero-order valence-electron chi connectivity index (χ0n) is 39.2. The number of aliphatic imine (C=N–C) groups is 1. The zero-order chi connectivity index (χ0) is 44.9. The molecule has 10 N–H and O–H groups in total. The number of epoxide rings is 1. The Hall–Kier alpha value is -2.98. The molecule has 0 aromatic heterocycles. The smallest absolute Gasteiger partial charge is 0.350 e. The summed E-state index contributed by atoms with van der Waals surface area (Å²) in [5, 5.41) is 20.8. The third-order valence-electron chi connectivity index (χ3n) is 16.0. The average molecular weight is 876 g/mol. The number of hydrogen-bond acceptors (Lipinski definition) is 12. The predicted octanol–water partition coefficient (Wildman–Crippen LogP) is 3.92. The van der Waals surface area contributed by atoms with Crippen molar-refractivity contribution in [3.63, 3.8) is 0 Å². The largest absolute Gasteiger partial charge is 0.463 e. The Bertz CT molecular complexity index is 1760. The number of hydrogen-bond donors (Lipinski definition) is 8. The maximum Gasteiger partial charge on any atom is 0.350 e. The Morgan fingerprint density at radius 3 is 2.65 bits per heavy atom. The molecule has 3 aliphatic heterocycles. The van der Waals surface area contributed by atoms with Crippen molar-refractivity contribution in [1.29, 1.82) is 0 Å². The first-order valence-electron chi connectivity index (χ1n) is 24.6. The normalized spacial score (nSPS) is 37.6. The van der Waals surface area contributed by atoms with Crippen LogP contribution in [0.5, 0.6) is 0 Å². The van der Waals surface area contributed by atoms with E-state index >= 15 is 9.59 Å². The maximum atomic E-state index is 15.4. The number of Topliss-reactive ketones (excluding diaryl/α,β-unsaturated/α-hetero) is 2. The molecule has 13 atom stereocenters. The Morgan fingerprint density at radius 2 is 1.90 bits per heavy atom. The summed E-state index contributed by atoms with van der Waals surface area (Å²) in [6, 6.07) is 0.0323. The second kappa shape index (κ2) is 20.7. The van der Waals surface area contributed by atoms with E-state index in [2.05, 4.69) is 82.8 Å². The van der Waals surface area contributed by atoms with E-state index in [1.54, 1.807) is 7.05 Å². The lowest BCUT2D eigenvalue weighted by atomic mass is 9.55. The predicted molar refractivity (Wildman–Crippen MR) is 248 cm³/mol. The topological polar surface area (TPSA) is 210 Å². The maximum absolute atomic E-state index is 15.4. The molecule has 0 aromatic rings. The van der Waals surface area contributed by atoms with Crippen LogP contribution in [0.3, 0.4) is 0 Å². The molecule has 0 spiro atoms. The second-order valence-electron chi connectivity index (χ2n) is 21.1. The summed E-state index contributed by atoms with van der Waals surface area (Å²) in [5.41, 5.74) is 11.2. The number of nitrogens with zero attached hydrogens (tertiary/aromatic N) is 1. The second-order valence-corrected chi connectivity index (χ2v) is 21.1. The molecule has 352 valence electrons. The highest BCUT2D eigenvalue weighted by Crippen LogP contribution is 2.63. The third kappa shape index (κ3) is 10.5. The first-order chi connectivity index (χ1) is 30.2. The monoisotopic (exact) mass is 876 g/mol. The van der Waals surface area contributed by atoms with Crippen LogP contribution in [0.2, 0.25) is 0 Å². The number of ether oxygens (including phenoxy) is 2. The lowest BCUT2D eigenvalue weighted by Gasteiger charge is -2.45. The molecule has 4 aliphatic carbocycles. The third-order valence-corrected chi connectivity index (χ3v) is 16.0. The van der Waals surface area contributed by atoms with Gasteiger partial charge >= 0.3 is 5.97 Å². The summed E-state index contributed by atoms with van der Waals surface area (Å²) in [6.45, 7) is 12.2. The van der Waals surface area contributed by atoms with Crippen LogP contribution in [-0.4, -0.2) is 106 Å². The molecule has 0 amide bonds. The number of ketones is 2. The fourth-order valence-corrected chi connectivity index (χ4v) is 12.8. The van der Waals surface area contributed by atoms with Crippen LogP contribution in [0.15, 0.2) is 40.4 Å². The van der Waals surface area contributed by atoms with Crippen molar-refractivity contribution >= 4 is 23.5 Å². The van der Waals surface area contributed by atoms with Crippen LogP contribution in [0.25, 0.3) is 0 Å². The number of guanidine groups is 1. The van der Waals surface area contributed by atoms with E-state index in [1.807, 2.05) is 13.1 Å². The van der Waals surface area contributed by atoms with Gasteiger partial charge in [0.25, 0.3) is 5.60 Å². The van der Waals surface area contributed by atoms with Crippen molar-refractivity contribution in [1.82, 2.24) is 31.9 Å². The lowest BCUT2D eigenvalue weighted by molar-refractivity contribution is -0.161. The first-order valence-corrected chi connectivity index (χ1v) is 24.6. The van der Waals surface area contributed by atoms with Crippen LogP contribution in [0.1, 0.15) is 118 Å². The molecule has 0 radical (unpaired) electrons. The van der Waals surface area contributed by atoms with E-state index in [1.165, 1.54) is 5.57 Å². The molecule has 7 unspecified atom stereocenters. The highest BCUT2D eigenvalue weighted by molar-refractivity contribution is 6.23. The van der Waals surface area contributed by atoms with E-state index in [0.717, 1.165) is 95.8 Å². The van der Waals surface area contributed by atoms with E-state index in [4.69, 9.17) is 20.9 Å². The molecule has 14 nitrogen and oxygen atoms in total. The molecule has 3 heterocycles. The average Bonchev–Trinajstić information content (AvgIpc) is 3.98. The zero-order valence-corrected chi connectivity index (χ0v) is 39.2. The summed E-state index contributed by atoms with van der Waals surface area (Å²) in [4.78, 5) is 49.7. The Morgan fingerprint density at radius 1 is 1.08 bits per heavy atom. The van der Waals surface area contributed by atoms with Crippen molar-refractivity contribution < 1.29 is 23.9 Å². The minimum absolute atomic E-state index is 0.00989. The van der Waals surface area contributed by atoms with Crippen molar-refractivity contribution in [3.05, 3.63) is 35.5 Å². The number of esters is 1. The van der Waals surface area contributed by atoms with Crippen molar-refractivity contribution in [3.8, 4) is 0 Å². The van der Waals surface area contributed by atoms with E-state index in [-0.39, 0.29) is 66.3 Å². The van der Waals surface area contributed by atoms with Gasteiger partial charge in [0.05, 0.1) is 18.9 Å². The lowest BCUT2D eigenvalue weighted by Crippen LogP contribution is -2.60. The number of nitrogens with two attached hydrogens (primary N) is 2. The number of piperidine rings is 2. The van der Waals surface area contributed by atoms with Gasteiger partial charge in [0.2, 0.25) is 0 Å². The minimum Gasteiger partial charge on any atom is -0.463 e. The quantitative estimate of drug-likeness (QED) is 0.0187. The Balaban J connectivity index is 1.14. The first kappa shape index (κ1) is 48.0. The van der Waals surface area contributed by atoms with Crippen LogP contribution in [0, 0.1) is 46.8 Å². The van der Waals surface area contributed by atoms with E-state index < -0.39 is 29.0 Å². The van der Waals surface area contributed by atoms with Gasteiger partial charge in [-0.3, -0.25) is 19.9 Å². The van der Waals surface area contributed by atoms with Crippen LogP contribution in [-0.2, 0) is 23.9 Å². The van der Waals surface area contributed by atoms with Gasteiger partial charge in [0.15, 0.2) is 23.1 Å². The Kier molecular flexibility index (Phi) is 15.7. The number of likely N-dealkylation sites (N-methyl/N-ethyl adjacent to an activating group) is 1. The van der Waals surface area contributed by atoms with Gasteiger partial charge in [-0.2, -0.15) is 0 Å². The van der Waals surface area contributed by atoms with Gasteiger partial charge in [0, 0.05) is 50.0 Å². The molecule has 5 fully saturated rings. The highest BCUT2D eigenvalue weighted by Gasteiger charge is 2.87. The molecular weight excluding hydrogens is 795 g/mol. The molecule has 0 aromatic carbocycles. The fraction of sp³-hybridized carbons (Fsp3) is 0.796. The van der Waals surface area contributed by atoms with Gasteiger partial charge in [-0.05, 0) is 145 Å². The molecule has 2 saturated carbocycles. The van der Waals surface area contributed by atoms with Gasteiger partial charge < -0.3 is 47.5 Å². The summed E-state index contributed by atoms with van der Waals surface area (Å²) >= 11 is 0. The SMILES string of the molecule is CCN[C@H]1C=C2C=CCC[C@H]2C[C@H]1COC(=O)[C@]12O[C@@]1(CC=C(C)C[C@@H](NC(N)=NC)C1CCNC(NCNC)C1)C(=O)C1CCCC(CC(C)(C)CC3CCC(N)NC3)C1C2=O. The molecule has 7 aliphatic rings. The van der Waals surface area contributed by atoms with Gasteiger partial charge in [-0.25, -0.2) is 4.79 Å². The van der Waals surface area contributed by atoms with Crippen LogP contribution in [0.4, 0.5) is 0 Å². The van der Waals surface area contributed by atoms with E-state index in [9.17, 15) is 4.79 Å². The summed E-state index contributed by atoms with van der Waals surface area (Å²) in [7, 11) is 3.60. The molecule has 3 saturated heterocycles. The van der Waals surface area contributed by atoms with E-state index in [0.29, 0.717) is 43.2 Å². The standard InChI is InChI=1S/C49H81N9O5/c1-7-54-38-23-33-12-9-8-11-32(33)22-36(38)28-62-45(61)49-44(60)42-35(26-47(3,4)25-31-15-16-40(50)56-27-31)13-10-14-37(42)43(59)48(49,63-49)19-17-30(2)21-39(58-46(51)53-6)34-18-20-55-41(24-34)57-29-52-5/h9,12,17,23,31-32,34-42,52,54-57H,7-8,10-11,13-16,18-22,24-29,50H2,1-6H3,(H3,51,53,58)/t31?,32-,34?,35?,36-,37?,38-,39+,40?,41?,42?,48-,49-/m0/s1. The molecule has 0 bridgehead atoms. The van der Waals surface area contributed by atoms with Gasteiger partial charge in [-0.1, -0.05) is 57.1 Å². The number of fused-ring (bicyclic) bond motifs is 3. The fourth-order valence-electron chi connectivity index (χ4n) is 12.8. The van der Waals surface area contributed by atoms with Crippen molar-refractivity contribution in [2.45, 2.75) is 153 Å². The Labute approximate surface area is 377 Å². The molecule has 14 heteroatoms. The highest BCUT2D eigenvalue weighted by atomic mass is 16.7. The number of allylic oxidation sites excluding steroid dienone is 3. The number of carbonyl (C=O) groups excluding carboxylic acids is 3. The molecule has 7 rings (SSSR count). The number of carbonyl (C=O) groups is 3. The van der Waals surface area contributed by atoms with Crippen LogP contribution >= 0.6 is 0 Å². The van der Waals surface area contributed by atoms with Crippen molar-refractivity contribution in [2.24, 2.45) is 63.3 Å². The summed E-state index contributed by atoms with van der Waals surface area (Å²) in [5.74, 6) is -0.454. The number of rotatable bonds is 18. The summed E-state index contributed by atoms with van der Waals surface area (Å²) < 4.78 is 12.9. The molecule has 63 heavy (non-hydrogen) atoms. The number of nitrogens with one attached hydrogen (secondary N) is 6. The van der Waals surface area contributed by atoms with Gasteiger partial charge in [0.1, 0.15) is 0 Å². The van der Waals surface area contributed by atoms with Gasteiger partial charge in [-0.15, -0.1) is 0 Å². The van der Waals surface area contributed by atoms with Crippen molar-refractivity contribution in [2.75, 3.05) is 47.0 Å². The summed E-state index contributed by atoms with van der Waals surface area (Å²) in [6.07, 6.45) is 20.9. The molecular formula is C49H81N9O5.